The fourth-order valence-corrected chi connectivity index (χ4v) is 2.37. The summed E-state index contributed by atoms with van der Waals surface area (Å²) in [4.78, 5) is 18.2. The normalized spacial score (nSPS) is 11.2. The van der Waals surface area contributed by atoms with Crippen molar-refractivity contribution in [1.82, 2.24) is 9.97 Å². The van der Waals surface area contributed by atoms with Gasteiger partial charge in [-0.1, -0.05) is 23.5 Å². The first-order valence-electron chi connectivity index (χ1n) is 5.70. The maximum Gasteiger partial charge on any atom is 0.324 e. The third kappa shape index (κ3) is 2.50. The summed E-state index contributed by atoms with van der Waals surface area (Å²) < 4.78 is 0. The number of aromatic amines is 1. The third-order valence-electron chi connectivity index (χ3n) is 2.54. The SMILES string of the molecule is O=[N+]([O-])c1ccc(C=NNc2nc3ccccc3[nH]2)s1. The second-order valence-corrected chi connectivity index (χ2v) is 5.00. The van der Waals surface area contributed by atoms with E-state index in [-0.39, 0.29) is 5.00 Å². The zero-order chi connectivity index (χ0) is 13.9. The van der Waals surface area contributed by atoms with Crippen molar-refractivity contribution in [3.05, 3.63) is 51.4 Å². The minimum absolute atomic E-state index is 0.0928. The van der Waals surface area contributed by atoms with Crippen LogP contribution >= 0.6 is 11.3 Å². The minimum atomic E-state index is -0.422. The Kier molecular flexibility index (Phi) is 3.13. The van der Waals surface area contributed by atoms with E-state index in [1.807, 2.05) is 24.3 Å². The molecule has 0 aliphatic rings. The van der Waals surface area contributed by atoms with E-state index in [1.54, 1.807) is 6.07 Å². The molecule has 0 bridgehead atoms. The Bertz CT molecular complexity index is 759. The Labute approximate surface area is 117 Å². The lowest BCUT2D eigenvalue weighted by atomic mass is 10.3. The van der Waals surface area contributed by atoms with Crippen LogP contribution in [0.3, 0.4) is 0 Å². The number of nitrogens with zero attached hydrogens (tertiary/aromatic N) is 3. The molecule has 0 aliphatic heterocycles. The molecule has 100 valence electrons. The van der Waals surface area contributed by atoms with Gasteiger partial charge in [0, 0.05) is 6.07 Å². The fraction of sp³-hybridized carbons (Fsp3) is 0. The van der Waals surface area contributed by atoms with Gasteiger partial charge >= 0.3 is 5.00 Å². The van der Waals surface area contributed by atoms with Crippen LogP contribution in [0.25, 0.3) is 11.0 Å². The van der Waals surface area contributed by atoms with Crippen LogP contribution < -0.4 is 5.43 Å². The molecule has 0 radical (unpaired) electrons. The Morgan fingerprint density at radius 2 is 2.20 bits per heavy atom. The van der Waals surface area contributed by atoms with E-state index in [0.29, 0.717) is 10.8 Å². The number of benzene rings is 1. The number of nitrogens with one attached hydrogen (secondary N) is 2. The summed E-state index contributed by atoms with van der Waals surface area (Å²) in [6, 6.07) is 10.7. The molecule has 2 heterocycles. The van der Waals surface area contributed by atoms with Crippen molar-refractivity contribution in [2.45, 2.75) is 0 Å². The van der Waals surface area contributed by atoms with Crippen LogP contribution in [-0.4, -0.2) is 21.1 Å². The van der Waals surface area contributed by atoms with Crippen LogP contribution in [0.1, 0.15) is 4.88 Å². The van der Waals surface area contributed by atoms with E-state index in [4.69, 9.17) is 0 Å². The summed E-state index contributed by atoms with van der Waals surface area (Å²) in [5.41, 5.74) is 4.52. The number of anilines is 1. The first-order chi connectivity index (χ1) is 9.72. The Balaban J connectivity index is 1.71. The van der Waals surface area contributed by atoms with Gasteiger partial charge in [-0.3, -0.25) is 10.1 Å². The van der Waals surface area contributed by atoms with Crippen LogP contribution in [-0.2, 0) is 0 Å². The van der Waals surface area contributed by atoms with Gasteiger partial charge in [-0.25, -0.2) is 10.4 Å². The molecular weight excluding hydrogens is 278 g/mol. The minimum Gasteiger partial charge on any atom is -0.323 e. The highest BCUT2D eigenvalue weighted by Crippen LogP contribution is 2.22. The van der Waals surface area contributed by atoms with E-state index in [9.17, 15) is 10.1 Å². The Hall–Kier alpha value is -2.74. The van der Waals surface area contributed by atoms with Gasteiger partial charge in [0.25, 0.3) is 0 Å². The molecule has 0 amide bonds. The van der Waals surface area contributed by atoms with Crippen LogP contribution in [0, 0.1) is 10.1 Å². The van der Waals surface area contributed by atoms with E-state index in [1.165, 1.54) is 12.3 Å². The van der Waals surface area contributed by atoms with Gasteiger partial charge in [-0.2, -0.15) is 5.10 Å². The van der Waals surface area contributed by atoms with Crippen molar-refractivity contribution < 1.29 is 4.92 Å². The lowest BCUT2D eigenvalue weighted by molar-refractivity contribution is -0.380. The predicted octanol–water partition coefficient (Wildman–Crippen LogP) is 2.98. The standard InChI is InChI=1S/C12H9N5O2S/c18-17(19)11-6-5-8(20-11)7-13-16-12-14-9-3-1-2-4-10(9)15-12/h1-7H,(H2,14,15,16). The molecule has 0 saturated heterocycles. The van der Waals surface area contributed by atoms with Gasteiger partial charge < -0.3 is 4.98 Å². The predicted molar refractivity (Wildman–Crippen MR) is 78.3 cm³/mol. The molecule has 0 spiro atoms. The number of rotatable bonds is 4. The summed E-state index contributed by atoms with van der Waals surface area (Å²) in [7, 11) is 0. The number of hydrogen-bond acceptors (Lipinski definition) is 6. The highest BCUT2D eigenvalue weighted by molar-refractivity contribution is 7.16. The van der Waals surface area contributed by atoms with Crippen molar-refractivity contribution in [2.75, 3.05) is 5.43 Å². The highest BCUT2D eigenvalue weighted by atomic mass is 32.1. The summed E-state index contributed by atoms with van der Waals surface area (Å²) in [5.74, 6) is 0.522. The Morgan fingerprint density at radius 3 is 2.95 bits per heavy atom. The molecule has 0 unspecified atom stereocenters. The number of H-pyrrole nitrogens is 1. The van der Waals surface area contributed by atoms with Gasteiger partial charge in [0.1, 0.15) is 0 Å². The maximum absolute atomic E-state index is 10.5. The number of imidazole rings is 1. The first-order valence-corrected chi connectivity index (χ1v) is 6.52. The van der Waals surface area contributed by atoms with Crippen LogP contribution in [0.4, 0.5) is 10.9 Å². The number of aromatic nitrogens is 2. The van der Waals surface area contributed by atoms with Crippen molar-refractivity contribution in [3.8, 4) is 0 Å². The van der Waals surface area contributed by atoms with Crippen LogP contribution in [0.15, 0.2) is 41.5 Å². The van der Waals surface area contributed by atoms with Gasteiger partial charge in [0.2, 0.25) is 5.95 Å². The lowest BCUT2D eigenvalue weighted by Gasteiger charge is -1.91. The molecule has 8 heteroatoms. The van der Waals surface area contributed by atoms with Crippen LogP contribution in [0.2, 0.25) is 0 Å². The zero-order valence-corrected chi connectivity index (χ0v) is 10.9. The van der Waals surface area contributed by atoms with Gasteiger partial charge in [0.05, 0.1) is 27.0 Å². The number of thiophene rings is 1. The topological polar surface area (TPSA) is 96.2 Å². The van der Waals surface area contributed by atoms with E-state index in [0.717, 1.165) is 22.4 Å². The second kappa shape index (κ2) is 5.10. The molecule has 2 aromatic heterocycles. The van der Waals surface area contributed by atoms with E-state index >= 15 is 0 Å². The molecule has 20 heavy (non-hydrogen) atoms. The lowest BCUT2D eigenvalue weighted by Crippen LogP contribution is -1.90. The van der Waals surface area contributed by atoms with Gasteiger partial charge in [-0.15, -0.1) is 0 Å². The van der Waals surface area contributed by atoms with Crippen molar-refractivity contribution in [2.24, 2.45) is 5.10 Å². The van der Waals surface area contributed by atoms with Crippen LogP contribution in [0.5, 0.6) is 0 Å². The monoisotopic (exact) mass is 287 g/mol. The third-order valence-corrected chi connectivity index (χ3v) is 3.52. The number of hydrazone groups is 1. The van der Waals surface area contributed by atoms with E-state index in [2.05, 4.69) is 20.5 Å². The van der Waals surface area contributed by atoms with E-state index < -0.39 is 4.92 Å². The molecule has 0 saturated carbocycles. The first kappa shape index (κ1) is 12.3. The van der Waals surface area contributed by atoms with Crippen molar-refractivity contribution in [3.63, 3.8) is 0 Å². The smallest absolute Gasteiger partial charge is 0.323 e. The number of fused-ring (bicyclic) bond motifs is 1. The number of para-hydroxylation sites is 2. The van der Waals surface area contributed by atoms with Crippen molar-refractivity contribution >= 4 is 39.5 Å². The molecule has 7 nitrogen and oxygen atoms in total. The number of nitro groups is 1. The van der Waals surface area contributed by atoms with Crippen molar-refractivity contribution in [1.29, 1.82) is 0 Å². The average Bonchev–Trinajstić information content (AvgIpc) is 3.04. The molecule has 1 aromatic carbocycles. The highest BCUT2D eigenvalue weighted by Gasteiger charge is 2.07. The summed E-state index contributed by atoms with van der Waals surface area (Å²) >= 11 is 1.06. The molecule has 0 aliphatic carbocycles. The molecule has 0 fully saturated rings. The Morgan fingerprint density at radius 1 is 1.35 bits per heavy atom. The molecule has 0 atom stereocenters. The van der Waals surface area contributed by atoms with Gasteiger partial charge in [0.15, 0.2) is 0 Å². The summed E-state index contributed by atoms with van der Waals surface area (Å²) in [6.45, 7) is 0. The average molecular weight is 287 g/mol. The second-order valence-electron chi connectivity index (χ2n) is 3.91. The number of hydrogen-bond donors (Lipinski definition) is 2. The maximum atomic E-state index is 10.5. The molecule has 3 rings (SSSR count). The molecule has 3 aromatic rings. The fourth-order valence-electron chi connectivity index (χ4n) is 1.67. The summed E-state index contributed by atoms with van der Waals surface area (Å²) in [5, 5.41) is 14.6. The summed E-state index contributed by atoms with van der Waals surface area (Å²) in [6.07, 6.45) is 1.52. The zero-order valence-electron chi connectivity index (χ0n) is 10.1. The quantitative estimate of drug-likeness (QED) is 0.438. The largest absolute Gasteiger partial charge is 0.324 e. The molecular formula is C12H9N5O2S. The van der Waals surface area contributed by atoms with Gasteiger partial charge in [-0.05, 0) is 18.2 Å². The molecule has 2 N–H and O–H groups in total.